The van der Waals surface area contributed by atoms with Crippen LogP contribution in [-0.2, 0) is 0 Å². The molecule has 0 saturated heterocycles. The molecule has 142 valence electrons. The quantitative estimate of drug-likeness (QED) is 0.478. The van der Waals surface area contributed by atoms with Gasteiger partial charge in [-0.15, -0.1) is 0 Å². The van der Waals surface area contributed by atoms with E-state index in [2.05, 4.69) is 64.1 Å². The van der Waals surface area contributed by atoms with Gasteiger partial charge in [0, 0.05) is 0 Å². The molecule has 3 aromatic rings. The number of nitrogens with zero attached hydrogens (tertiary/aromatic N) is 3. The van der Waals surface area contributed by atoms with Gasteiger partial charge < -0.3 is 0 Å². The minimum atomic E-state index is 0.869. The zero-order chi connectivity index (χ0) is 20.3. The highest BCUT2D eigenvalue weighted by Gasteiger charge is 2.07. The SMILES string of the molecule is CC(=Nc1cc(C)ccc1C)c1cccc(C(C)=Nc2cc(C)ccc2C)n1. The van der Waals surface area contributed by atoms with E-state index in [0.29, 0.717) is 0 Å². The summed E-state index contributed by atoms with van der Waals surface area (Å²) in [6.07, 6.45) is 0. The zero-order valence-electron chi connectivity index (χ0n) is 17.5. The largest absolute Gasteiger partial charge is 0.251 e. The van der Waals surface area contributed by atoms with Crippen molar-refractivity contribution in [2.24, 2.45) is 9.98 Å². The van der Waals surface area contributed by atoms with Crippen molar-refractivity contribution < 1.29 is 0 Å². The lowest BCUT2D eigenvalue weighted by Crippen LogP contribution is -2.05. The Morgan fingerprint density at radius 1 is 0.643 bits per heavy atom. The molecule has 3 nitrogen and oxygen atoms in total. The second-order valence-corrected chi connectivity index (χ2v) is 7.38. The Morgan fingerprint density at radius 3 is 1.50 bits per heavy atom. The fourth-order valence-corrected chi connectivity index (χ4v) is 2.99. The topological polar surface area (TPSA) is 37.6 Å². The van der Waals surface area contributed by atoms with Gasteiger partial charge in [0.05, 0.1) is 34.2 Å². The van der Waals surface area contributed by atoms with E-state index >= 15 is 0 Å². The molecular weight excluding hydrogens is 342 g/mol. The molecular formula is C25H27N3. The number of hydrogen-bond donors (Lipinski definition) is 0. The number of aliphatic imine (C=N–C) groups is 2. The van der Waals surface area contributed by atoms with Gasteiger partial charge in [-0.25, -0.2) is 4.98 Å². The molecule has 3 rings (SSSR count). The summed E-state index contributed by atoms with van der Waals surface area (Å²) in [7, 11) is 0. The van der Waals surface area contributed by atoms with E-state index in [1.807, 2.05) is 32.0 Å². The Balaban J connectivity index is 1.95. The van der Waals surface area contributed by atoms with Crippen LogP contribution < -0.4 is 0 Å². The minimum absolute atomic E-state index is 0.869. The van der Waals surface area contributed by atoms with Crippen LogP contribution >= 0.6 is 0 Å². The summed E-state index contributed by atoms with van der Waals surface area (Å²) in [6.45, 7) is 12.3. The van der Waals surface area contributed by atoms with Crippen molar-refractivity contribution in [1.82, 2.24) is 4.98 Å². The average Bonchev–Trinajstić information content (AvgIpc) is 2.67. The number of hydrogen-bond acceptors (Lipinski definition) is 3. The van der Waals surface area contributed by atoms with Crippen LogP contribution in [0, 0.1) is 27.7 Å². The lowest BCUT2D eigenvalue weighted by Gasteiger charge is -2.08. The molecule has 0 N–H and O–H groups in total. The Bertz CT molecular complexity index is 992. The lowest BCUT2D eigenvalue weighted by molar-refractivity contribution is 1.23. The van der Waals surface area contributed by atoms with E-state index in [4.69, 9.17) is 15.0 Å². The Morgan fingerprint density at radius 2 is 1.07 bits per heavy atom. The van der Waals surface area contributed by atoms with Crippen molar-refractivity contribution in [3.63, 3.8) is 0 Å². The molecule has 1 heterocycles. The highest BCUT2D eigenvalue weighted by atomic mass is 14.8. The van der Waals surface area contributed by atoms with Gasteiger partial charge in [-0.3, -0.25) is 9.98 Å². The minimum Gasteiger partial charge on any atom is -0.251 e. The molecule has 0 amide bonds. The van der Waals surface area contributed by atoms with Crippen LogP contribution in [0.15, 0.2) is 64.6 Å². The fourth-order valence-electron chi connectivity index (χ4n) is 2.99. The summed E-state index contributed by atoms with van der Waals surface area (Å²) in [5.74, 6) is 0. The summed E-state index contributed by atoms with van der Waals surface area (Å²) in [5, 5.41) is 0. The van der Waals surface area contributed by atoms with Gasteiger partial charge in [0.2, 0.25) is 0 Å². The molecule has 0 unspecified atom stereocenters. The van der Waals surface area contributed by atoms with Crippen LogP contribution in [0.5, 0.6) is 0 Å². The number of benzene rings is 2. The molecule has 28 heavy (non-hydrogen) atoms. The third-order valence-electron chi connectivity index (χ3n) is 4.80. The molecule has 0 saturated carbocycles. The van der Waals surface area contributed by atoms with Crippen LogP contribution in [0.1, 0.15) is 47.5 Å². The van der Waals surface area contributed by atoms with E-state index in [0.717, 1.165) is 45.3 Å². The van der Waals surface area contributed by atoms with Gasteiger partial charge in [0.25, 0.3) is 0 Å². The maximum Gasteiger partial charge on any atom is 0.0849 e. The highest BCUT2D eigenvalue weighted by Crippen LogP contribution is 2.22. The molecule has 1 aromatic heterocycles. The Hall–Kier alpha value is -3.07. The van der Waals surface area contributed by atoms with Gasteiger partial charge in [-0.2, -0.15) is 0 Å². The van der Waals surface area contributed by atoms with Crippen molar-refractivity contribution in [3.8, 4) is 0 Å². The highest BCUT2D eigenvalue weighted by molar-refractivity contribution is 6.02. The average molecular weight is 370 g/mol. The molecule has 2 aromatic carbocycles. The molecule has 0 bridgehead atoms. The van der Waals surface area contributed by atoms with Crippen molar-refractivity contribution in [2.45, 2.75) is 41.5 Å². The van der Waals surface area contributed by atoms with Gasteiger partial charge in [-0.1, -0.05) is 30.3 Å². The normalized spacial score (nSPS) is 12.4. The van der Waals surface area contributed by atoms with Crippen LogP contribution in [0.4, 0.5) is 11.4 Å². The van der Waals surface area contributed by atoms with E-state index in [1.165, 1.54) is 11.1 Å². The van der Waals surface area contributed by atoms with Gasteiger partial charge in [0.1, 0.15) is 0 Å². The van der Waals surface area contributed by atoms with Gasteiger partial charge >= 0.3 is 0 Å². The zero-order valence-corrected chi connectivity index (χ0v) is 17.5. The van der Waals surface area contributed by atoms with Crippen LogP contribution in [0.25, 0.3) is 0 Å². The maximum absolute atomic E-state index is 4.81. The Kier molecular flexibility index (Phi) is 5.84. The number of rotatable bonds is 4. The first-order chi connectivity index (χ1) is 13.3. The number of aryl methyl sites for hydroxylation is 4. The van der Waals surface area contributed by atoms with Gasteiger partial charge in [-0.05, 0) is 88.1 Å². The van der Waals surface area contributed by atoms with Crippen molar-refractivity contribution in [2.75, 3.05) is 0 Å². The molecule has 0 spiro atoms. The summed E-state index contributed by atoms with van der Waals surface area (Å²) in [4.78, 5) is 14.4. The third kappa shape index (κ3) is 4.61. The molecule has 3 heteroatoms. The van der Waals surface area contributed by atoms with E-state index in [9.17, 15) is 0 Å². The molecule has 0 aliphatic heterocycles. The van der Waals surface area contributed by atoms with E-state index in [1.54, 1.807) is 0 Å². The Labute approximate surface area is 167 Å². The third-order valence-corrected chi connectivity index (χ3v) is 4.80. The summed E-state index contributed by atoms with van der Waals surface area (Å²) in [5.41, 5.74) is 10.2. The predicted octanol–water partition coefficient (Wildman–Crippen LogP) is 6.60. The number of aromatic nitrogens is 1. The van der Waals surface area contributed by atoms with Crippen molar-refractivity contribution in [1.29, 1.82) is 0 Å². The molecule has 0 aliphatic rings. The van der Waals surface area contributed by atoms with E-state index < -0.39 is 0 Å². The van der Waals surface area contributed by atoms with Crippen molar-refractivity contribution >= 4 is 22.8 Å². The summed E-state index contributed by atoms with van der Waals surface area (Å²) in [6, 6.07) is 18.6. The molecule has 0 atom stereocenters. The maximum atomic E-state index is 4.81. The lowest BCUT2D eigenvalue weighted by atomic mass is 10.1. The molecule has 0 fully saturated rings. The van der Waals surface area contributed by atoms with E-state index in [-0.39, 0.29) is 0 Å². The second kappa shape index (κ2) is 8.30. The first-order valence-corrected chi connectivity index (χ1v) is 9.56. The van der Waals surface area contributed by atoms with Crippen LogP contribution in [-0.4, -0.2) is 16.4 Å². The molecule has 0 aliphatic carbocycles. The summed E-state index contributed by atoms with van der Waals surface area (Å²) < 4.78 is 0. The molecule has 0 radical (unpaired) electrons. The predicted molar refractivity (Wildman–Crippen MR) is 120 cm³/mol. The number of pyridine rings is 1. The van der Waals surface area contributed by atoms with Gasteiger partial charge in [0.15, 0.2) is 0 Å². The first kappa shape index (κ1) is 19.7. The monoisotopic (exact) mass is 369 g/mol. The van der Waals surface area contributed by atoms with Crippen LogP contribution in [0.3, 0.4) is 0 Å². The smallest absolute Gasteiger partial charge is 0.0849 e. The fraction of sp³-hybridized carbons (Fsp3) is 0.240. The first-order valence-electron chi connectivity index (χ1n) is 9.56. The van der Waals surface area contributed by atoms with Crippen molar-refractivity contribution in [3.05, 3.63) is 88.2 Å². The second-order valence-electron chi connectivity index (χ2n) is 7.38. The standard InChI is InChI=1S/C25H27N3/c1-16-10-12-18(3)24(14-16)26-20(5)22-8-7-9-23(28-22)21(6)27-25-15-17(2)11-13-19(25)4/h7-15H,1-6H3. The van der Waals surface area contributed by atoms with Crippen LogP contribution in [0.2, 0.25) is 0 Å². The summed E-state index contributed by atoms with van der Waals surface area (Å²) >= 11 is 0.